The number of rotatable bonds is 0. The summed E-state index contributed by atoms with van der Waals surface area (Å²) in [6, 6.07) is 8.77. The molecule has 0 unspecified atom stereocenters. The molecule has 0 heterocycles. The van der Waals surface area contributed by atoms with Crippen molar-refractivity contribution >= 4 is 11.6 Å². The summed E-state index contributed by atoms with van der Waals surface area (Å²) in [5.74, 6) is 0. The molecule has 3 rings (SSSR count). The van der Waals surface area contributed by atoms with Crippen molar-refractivity contribution in [3.05, 3.63) is 47.0 Å². The zero-order chi connectivity index (χ0) is 9.38. The number of benzene rings is 1. The topological polar surface area (TPSA) is 0 Å². The summed E-state index contributed by atoms with van der Waals surface area (Å²) in [6.07, 6.45) is 9.71. The minimum atomic E-state index is 1.17. The van der Waals surface area contributed by atoms with Crippen LogP contribution < -0.4 is 0 Å². The first kappa shape index (κ1) is 8.05. The first-order valence-corrected chi connectivity index (χ1v) is 5.42. The summed E-state index contributed by atoms with van der Waals surface area (Å²) in [5, 5.41) is 0. The zero-order valence-corrected chi connectivity index (χ0v) is 8.29. The number of fused-ring (bicyclic) bond motifs is 2. The summed E-state index contributed by atoms with van der Waals surface area (Å²) >= 11 is 0. The normalized spacial score (nSPS) is 19.1. The molecule has 0 aliphatic heterocycles. The summed E-state index contributed by atoms with van der Waals surface area (Å²) < 4.78 is 0. The molecule has 0 N–H and O–H groups in total. The van der Waals surface area contributed by atoms with Gasteiger partial charge in [-0.1, -0.05) is 42.0 Å². The maximum Gasteiger partial charge on any atom is -0.0129 e. The van der Waals surface area contributed by atoms with E-state index in [4.69, 9.17) is 0 Å². The van der Waals surface area contributed by atoms with E-state index in [1.807, 2.05) is 0 Å². The van der Waals surface area contributed by atoms with Crippen molar-refractivity contribution in [3.8, 4) is 0 Å². The fourth-order valence-electron chi connectivity index (χ4n) is 2.60. The van der Waals surface area contributed by atoms with Gasteiger partial charge in [0.15, 0.2) is 0 Å². The van der Waals surface area contributed by atoms with Crippen LogP contribution in [0.15, 0.2) is 35.9 Å². The van der Waals surface area contributed by atoms with Gasteiger partial charge in [0.25, 0.3) is 0 Å². The smallest absolute Gasteiger partial charge is 0.0129 e. The average Bonchev–Trinajstić information content (AvgIpc) is 2.61. The van der Waals surface area contributed by atoms with Crippen LogP contribution in [0.3, 0.4) is 0 Å². The van der Waals surface area contributed by atoms with Crippen molar-refractivity contribution in [1.82, 2.24) is 0 Å². The summed E-state index contributed by atoms with van der Waals surface area (Å²) in [6.45, 7) is 0. The van der Waals surface area contributed by atoms with E-state index in [9.17, 15) is 0 Å². The predicted octanol–water partition coefficient (Wildman–Crippen LogP) is 4.04. The van der Waals surface area contributed by atoms with Crippen LogP contribution in [0.25, 0.3) is 11.6 Å². The molecule has 0 heteroatoms. The molecule has 70 valence electrons. The van der Waals surface area contributed by atoms with Crippen LogP contribution >= 0.6 is 0 Å². The van der Waals surface area contributed by atoms with E-state index in [1.54, 1.807) is 11.1 Å². The molecular weight excluding hydrogens is 168 g/mol. The van der Waals surface area contributed by atoms with Gasteiger partial charge in [-0.2, -0.15) is 0 Å². The van der Waals surface area contributed by atoms with Crippen LogP contribution in [-0.4, -0.2) is 0 Å². The maximum absolute atomic E-state index is 2.31. The molecule has 0 fully saturated rings. The Labute approximate surface area is 85.0 Å². The van der Waals surface area contributed by atoms with Gasteiger partial charge in [0.2, 0.25) is 0 Å². The molecule has 0 nitrogen and oxygen atoms in total. The van der Waals surface area contributed by atoms with Crippen molar-refractivity contribution in [2.75, 3.05) is 0 Å². The second-order valence-electron chi connectivity index (χ2n) is 4.13. The summed E-state index contributed by atoms with van der Waals surface area (Å²) in [7, 11) is 0. The van der Waals surface area contributed by atoms with E-state index in [0.717, 1.165) is 0 Å². The first-order valence-electron chi connectivity index (χ1n) is 5.42. The predicted molar refractivity (Wildman–Crippen MR) is 60.9 cm³/mol. The minimum absolute atomic E-state index is 1.17. The number of hydrogen-bond acceptors (Lipinski definition) is 0. The lowest BCUT2D eigenvalue weighted by Crippen LogP contribution is -1.86. The van der Waals surface area contributed by atoms with E-state index < -0.39 is 0 Å². The molecule has 0 aromatic heterocycles. The Morgan fingerprint density at radius 1 is 1.00 bits per heavy atom. The fourth-order valence-corrected chi connectivity index (χ4v) is 2.60. The summed E-state index contributed by atoms with van der Waals surface area (Å²) in [4.78, 5) is 0. The second kappa shape index (κ2) is 3.13. The Morgan fingerprint density at radius 3 is 2.93 bits per heavy atom. The Hall–Kier alpha value is -1.30. The van der Waals surface area contributed by atoms with Gasteiger partial charge in [0.1, 0.15) is 0 Å². The van der Waals surface area contributed by atoms with Crippen molar-refractivity contribution in [1.29, 1.82) is 0 Å². The third-order valence-corrected chi connectivity index (χ3v) is 3.28. The largest absolute Gasteiger partial charge is 0.0798 e. The highest BCUT2D eigenvalue weighted by Crippen LogP contribution is 2.39. The van der Waals surface area contributed by atoms with Crippen LogP contribution in [0, 0.1) is 0 Å². The second-order valence-corrected chi connectivity index (χ2v) is 4.13. The van der Waals surface area contributed by atoms with Crippen LogP contribution in [0.5, 0.6) is 0 Å². The minimum Gasteiger partial charge on any atom is -0.0798 e. The van der Waals surface area contributed by atoms with E-state index >= 15 is 0 Å². The Balaban J connectivity index is 2.22. The number of allylic oxidation sites excluding steroid dienone is 3. The van der Waals surface area contributed by atoms with Gasteiger partial charge in [-0.15, -0.1) is 0 Å². The molecule has 0 saturated carbocycles. The molecule has 0 amide bonds. The highest BCUT2D eigenvalue weighted by Gasteiger charge is 2.18. The molecule has 0 saturated heterocycles. The molecule has 2 aliphatic rings. The third kappa shape index (κ3) is 1.14. The lowest BCUT2D eigenvalue weighted by molar-refractivity contribution is 0.895. The van der Waals surface area contributed by atoms with Crippen LogP contribution in [-0.2, 0) is 0 Å². The first-order chi connectivity index (χ1) is 6.95. The highest BCUT2D eigenvalue weighted by molar-refractivity contribution is 5.79. The lowest BCUT2D eigenvalue weighted by atomic mass is 9.98. The quantitative estimate of drug-likeness (QED) is 0.568. The van der Waals surface area contributed by atoms with Crippen LogP contribution in [0.1, 0.15) is 36.8 Å². The van der Waals surface area contributed by atoms with Crippen molar-refractivity contribution in [2.45, 2.75) is 25.7 Å². The zero-order valence-electron chi connectivity index (χ0n) is 8.29. The average molecular weight is 182 g/mol. The lowest BCUT2D eigenvalue weighted by Gasteiger charge is -2.06. The SMILES string of the molecule is C1=Cc2ccccc2C2=C(C1)CCC2. The Bertz CT molecular complexity index is 421. The Kier molecular flexibility index (Phi) is 1.80. The molecule has 0 spiro atoms. The van der Waals surface area contributed by atoms with Gasteiger partial charge in [0.05, 0.1) is 0 Å². The molecule has 0 atom stereocenters. The highest BCUT2D eigenvalue weighted by atomic mass is 14.2. The van der Waals surface area contributed by atoms with Gasteiger partial charge in [-0.3, -0.25) is 0 Å². The molecular formula is C14H14. The molecule has 0 bridgehead atoms. The Morgan fingerprint density at radius 2 is 1.93 bits per heavy atom. The molecule has 1 aromatic carbocycles. The van der Waals surface area contributed by atoms with Gasteiger partial charge in [0, 0.05) is 0 Å². The molecule has 1 aromatic rings. The maximum atomic E-state index is 2.31. The third-order valence-electron chi connectivity index (χ3n) is 3.28. The van der Waals surface area contributed by atoms with Crippen LogP contribution in [0.2, 0.25) is 0 Å². The van der Waals surface area contributed by atoms with E-state index in [1.165, 1.54) is 36.8 Å². The van der Waals surface area contributed by atoms with E-state index in [-0.39, 0.29) is 0 Å². The fraction of sp³-hybridized carbons (Fsp3) is 0.286. The van der Waals surface area contributed by atoms with E-state index in [0.29, 0.717) is 0 Å². The van der Waals surface area contributed by atoms with Gasteiger partial charge >= 0.3 is 0 Å². The van der Waals surface area contributed by atoms with Crippen molar-refractivity contribution in [2.24, 2.45) is 0 Å². The summed E-state index contributed by atoms with van der Waals surface area (Å²) in [5.41, 5.74) is 6.19. The molecule has 0 radical (unpaired) electrons. The molecule has 14 heavy (non-hydrogen) atoms. The van der Waals surface area contributed by atoms with E-state index in [2.05, 4.69) is 36.4 Å². The molecule has 2 aliphatic carbocycles. The van der Waals surface area contributed by atoms with Gasteiger partial charge in [-0.25, -0.2) is 0 Å². The van der Waals surface area contributed by atoms with Crippen molar-refractivity contribution < 1.29 is 0 Å². The monoisotopic (exact) mass is 182 g/mol. The standard InChI is InChI=1S/C14H14/c1-2-9-13-11(5-1)6-3-7-12-8-4-10-14(12)13/h1-3,5-6,9H,4,7-8,10H2. The van der Waals surface area contributed by atoms with Gasteiger partial charge in [-0.05, 0) is 42.4 Å². The number of hydrogen-bond donors (Lipinski definition) is 0. The van der Waals surface area contributed by atoms with Crippen molar-refractivity contribution in [3.63, 3.8) is 0 Å². The van der Waals surface area contributed by atoms with Crippen LogP contribution in [0.4, 0.5) is 0 Å². The van der Waals surface area contributed by atoms with Gasteiger partial charge < -0.3 is 0 Å².